The Kier molecular flexibility index (Phi) is 4.21. The first-order chi connectivity index (χ1) is 7.93. The lowest BCUT2D eigenvalue weighted by Gasteiger charge is -2.22. The van der Waals surface area contributed by atoms with E-state index in [4.69, 9.17) is 0 Å². The lowest BCUT2D eigenvalue weighted by Crippen LogP contribution is -3.00. The minimum absolute atomic E-state index is 0. The van der Waals surface area contributed by atoms with Crippen LogP contribution >= 0.6 is 0 Å². The minimum Gasteiger partial charge on any atom is -1.00 e. The van der Waals surface area contributed by atoms with Crippen molar-refractivity contribution in [2.75, 3.05) is 19.6 Å². The molecule has 1 saturated heterocycles. The van der Waals surface area contributed by atoms with Crippen molar-refractivity contribution in [3.8, 4) is 0 Å². The van der Waals surface area contributed by atoms with Gasteiger partial charge >= 0.3 is 0 Å². The summed E-state index contributed by atoms with van der Waals surface area (Å²) >= 11 is 0. The summed E-state index contributed by atoms with van der Waals surface area (Å²) in [5.74, 6) is 1.59. The monoisotopic (exact) mass is 294 g/mol. The molecule has 3 rings (SSSR count). The third-order valence-corrected chi connectivity index (χ3v) is 3.63. The highest BCUT2D eigenvalue weighted by Crippen LogP contribution is 2.17. The molecule has 0 aromatic heterocycles. The first kappa shape index (κ1) is 12.6. The number of rotatable bonds is 2. The molecule has 0 radical (unpaired) electrons. The van der Waals surface area contributed by atoms with Gasteiger partial charge in [0.1, 0.15) is 6.54 Å². The van der Waals surface area contributed by atoms with Crippen molar-refractivity contribution in [1.82, 2.24) is 4.90 Å². The van der Waals surface area contributed by atoms with Crippen LogP contribution in [0.5, 0.6) is 0 Å². The van der Waals surface area contributed by atoms with Gasteiger partial charge in [-0.1, -0.05) is 30.3 Å². The fourth-order valence-electron chi connectivity index (χ4n) is 2.87. The maximum absolute atomic E-state index is 2.58. The average molecular weight is 295 g/mol. The Morgan fingerprint density at radius 1 is 1.06 bits per heavy atom. The van der Waals surface area contributed by atoms with Crippen LogP contribution in [0.25, 0.3) is 0 Å². The van der Waals surface area contributed by atoms with E-state index in [1.165, 1.54) is 44.5 Å². The zero-order valence-corrected chi connectivity index (χ0v) is 11.7. The molecule has 1 fully saturated rings. The van der Waals surface area contributed by atoms with Crippen molar-refractivity contribution in [2.24, 2.45) is 0 Å². The molecule has 0 bridgehead atoms. The Morgan fingerprint density at radius 3 is 2.65 bits per heavy atom. The second-order valence-electron chi connectivity index (χ2n) is 4.77. The van der Waals surface area contributed by atoms with E-state index in [-0.39, 0.29) is 17.0 Å². The van der Waals surface area contributed by atoms with Gasteiger partial charge in [-0.2, -0.15) is 0 Å². The molecule has 2 nitrogen and oxygen atoms in total. The second-order valence-corrected chi connectivity index (χ2v) is 4.77. The first-order valence-electron chi connectivity index (χ1n) is 6.33. The minimum atomic E-state index is 0. The highest BCUT2D eigenvalue weighted by molar-refractivity contribution is 5.79. The summed E-state index contributed by atoms with van der Waals surface area (Å²) in [4.78, 5) is 2.58. The first-order valence-corrected chi connectivity index (χ1v) is 6.33. The van der Waals surface area contributed by atoms with Gasteiger partial charge in [-0.05, 0) is 12.0 Å². The Balaban J connectivity index is 0.00000108. The Labute approximate surface area is 114 Å². The van der Waals surface area contributed by atoms with Crippen LogP contribution in [-0.2, 0) is 6.54 Å². The van der Waals surface area contributed by atoms with Crippen molar-refractivity contribution in [1.29, 1.82) is 0 Å². The third-order valence-electron chi connectivity index (χ3n) is 3.63. The molecular formula is C14H19BrN2. The van der Waals surface area contributed by atoms with Crippen LogP contribution in [0.4, 0.5) is 0 Å². The summed E-state index contributed by atoms with van der Waals surface area (Å²) < 4.78 is 2.58. The number of hydrogen-bond acceptors (Lipinski definition) is 1. The summed E-state index contributed by atoms with van der Waals surface area (Å²) in [6.07, 6.45) is 3.95. The zero-order chi connectivity index (χ0) is 10.8. The van der Waals surface area contributed by atoms with Gasteiger partial charge in [-0.15, -0.1) is 0 Å². The Morgan fingerprint density at radius 2 is 1.82 bits per heavy atom. The molecule has 0 saturated carbocycles. The highest BCUT2D eigenvalue weighted by atomic mass is 79.9. The predicted molar refractivity (Wildman–Crippen MR) is 65.7 cm³/mol. The second kappa shape index (κ2) is 5.67. The molecule has 2 heterocycles. The van der Waals surface area contributed by atoms with E-state index < -0.39 is 0 Å². The van der Waals surface area contributed by atoms with Gasteiger partial charge in [-0.3, -0.25) is 9.48 Å². The van der Waals surface area contributed by atoms with E-state index in [1.54, 1.807) is 5.84 Å². The van der Waals surface area contributed by atoms with Crippen molar-refractivity contribution in [3.63, 3.8) is 0 Å². The number of fused-ring (bicyclic) bond motifs is 1. The van der Waals surface area contributed by atoms with Crippen LogP contribution in [0.2, 0.25) is 0 Å². The summed E-state index contributed by atoms with van der Waals surface area (Å²) in [5, 5.41) is 0. The van der Waals surface area contributed by atoms with Crippen LogP contribution in [0.3, 0.4) is 0 Å². The molecule has 0 unspecified atom stereocenters. The van der Waals surface area contributed by atoms with Gasteiger partial charge in [0.15, 0.2) is 0 Å². The largest absolute Gasteiger partial charge is 1.00 e. The molecule has 0 N–H and O–H groups in total. The van der Waals surface area contributed by atoms with Gasteiger partial charge in [0.25, 0.3) is 0 Å². The van der Waals surface area contributed by atoms with E-state index >= 15 is 0 Å². The van der Waals surface area contributed by atoms with Crippen molar-refractivity contribution < 1.29 is 21.6 Å². The van der Waals surface area contributed by atoms with E-state index in [9.17, 15) is 0 Å². The van der Waals surface area contributed by atoms with Gasteiger partial charge < -0.3 is 17.0 Å². The van der Waals surface area contributed by atoms with Crippen LogP contribution < -0.4 is 17.0 Å². The smallest absolute Gasteiger partial charge is 0.247 e. The fraction of sp³-hybridized carbons (Fsp3) is 0.500. The molecule has 3 heteroatoms. The van der Waals surface area contributed by atoms with Crippen molar-refractivity contribution >= 4 is 5.84 Å². The molecule has 1 aromatic carbocycles. The van der Waals surface area contributed by atoms with E-state index in [0.29, 0.717) is 0 Å². The van der Waals surface area contributed by atoms with Gasteiger partial charge in [0, 0.05) is 6.42 Å². The number of nitrogens with zero attached hydrogens (tertiary/aromatic N) is 2. The zero-order valence-electron chi connectivity index (χ0n) is 10.1. The lowest BCUT2D eigenvalue weighted by molar-refractivity contribution is -0.554. The fourth-order valence-corrected chi connectivity index (χ4v) is 2.87. The summed E-state index contributed by atoms with van der Waals surface area (Å²) in [5.41, 5.74) is 1.43. The maximum Gasteiger partial charge on any atom is 0.247 e. The average Bonchev–Trinajstić information content (AvgIpc) is 2.80. The molecular weight excluding hydrogens is 276 g/mol. The normalized spacial score (nSPS) is 18.9. The number of halogens is 1. The summed E-state index contributed by atoms with van der Waals surface area (Å²) in [6, 6.07) is 10.8. The van der Waals surface area contributed by atoms with Crippen LogP contribution in [0.15, 0.2) is 30.3 Å². The highest BCUT2D eigenvalue weighted by Gasteiger charge is 2.31. The molecule has 92 valence electrons. The van der Waals surface area contributed by atoms with Crippen LogP contribution in [0, 0.1) is 0 Å². The molecule has 2 aliphatic heterocycles. The number of benzene rings is 1. The standard InChI is InChI=1S/C14H19N2.BrH/c1-2-6-13(7-3-1)12-16-11-5-10-15-9-4-8-14(15)16;/h1-3,6-7H,4-5,8-12H2;1H/q+1;/p-1. The molecule has 17 heavy (non-hydrogen) atoms. The van der Waals surface area contributed by atoms with Gasteiger partial charge in [0.05, 0.1) is 26.1 Å². The van der Waals surface area contributed by atoms with E-state index in [0.717, 1.165) is 6.54 Å². The predicted octanol–water partition coefficient (Wildman–Crippen LogP) is -0.899. The van der Waals surface area contributed by atoms with Gasteiger partial charge in [-0.25, -0.2) is 0 Å². The summed E-state index contributed by atoms with van der Waals surface area (Å²) in [6.45, 7) is 4.88. The molecule has 0 amide bonds. The van der Waals surface area contributed by atoms with Crippen LogP contribution in [0.1, 0.15) is 24.8 Å². The maximum atomic E-state index is 2.58. The Hall–Kier alpha value is -0.830. The quantitative estimate of drug-likeness (QED) is 0.641. The summed E-state index contributed by atoms with van der Waals surface area (Å²) in [7, 11) is 0. The van der Waals surface area contributed by atoms with Crippen molar-refractivity contribution in [3.05, 3.63) is 35.9 Å². The molecule has 0 aliphatic carbocycles. The molecule has 0 atom stereocenters. The molecule has 2 aliphatic rings. The van der Waals surface area contributed by atoms with Crippen LogP contribution in [-0.4, -0.2) is 34.9 Å². The molecule has 0 spiro atoms. The number of hydrogen-bond donors (Lipinski definition) is 0. The van der Waals surface area contributed by atoms with E-state index in [2.05, 4.69) is 39.8 Å². The van der Waals surface area contributed by atoms with Gasteiger partial charge in [0.2, 0.25) is 5.84 Å². The SMILES string of the molecule is [Br-].c1ccc(C[N+]2=C3CCCN3CCC2)cc1. The number of amidine groups is 1. The third kappa shape index (κ3) is 2.71. The topological polar surface area (TPSA) is 6.25 Å². The van der Waals surface area contributed by atoms with E-state index in [1.807, 2.05) is 0 Å². The molecule has 1 aromatic rings. The van der Waals surface area contributed by atoms with Crippen molar-refractivity contribution in [2.45, 2.75) is 25.8 Å². The lowest BCUT2D eigenvalue weighted by atomic mass is 10.2. The Bertz CT molecular complexity index is 400.